The van der Waals surface area contributed by atoms with Crippen LogP contribution in [0.2, 0.25) is 5.02 Å². The summed E-state index contributed by atoms with van der Waals surface area (Å²) >= 11 is 6.44. The van der Waals surface area contributed by atoms with Crippen molar-refractivity contribution in [1.29, 1.82) is 0 Å². The second-order valence-corrected chi connectivity index (χ2v) is 11.3. The van der Waals surface area contributed by atoms with Crippen LogP contribution in [0.15, 0.2) is 77.8 Å². The summed E-state index contributed by atoms with van der Waals surface area (Å²) in [4.78, 5) is 32.7. The van der Waals surface area contributed by atoms with E-state index in [-0.39, 0.29) is 22.1 Å². The highest BCUT2D eigenvalue weighted by atomic mass is 35.5. The Labute approximate surface area is 213 Å². The topological polar surface area (TPSA) is 108 Å². The lowest BCUT2D eigenvalue weighted by atomic mass is 10.0. The number of benzene rings is 3. The standard InChI is InChI=1S/C26H23ClN4O4S/c27-21-16-18(31-12-14-36(34,35)15-13-31)10-11-19(21)25(32)30-24-26(33)28-22-9-5-4-8-20(22)23(29-24)17-6-2-1-3-7-17/h1-11,16,24H,12-15H2,(H,28,33)(H,30,32). The third-order valence-electron chi connectivity index (χ3n) is 6.17. The van der Waals surface area contributed by atoms with Crippen LogP contribution in [0.4, 0.5) is 11.4 Å². The molecule has 2 amide bonds. The highest BCUT2D eigenvalue weighted by Crippen LogP contribution is 2.27. The van der Waals surface area contributed by atoms with Crippen LogP contribution in [0.5, 0.6) is 0 Å². The molecular formula is C26H23ClN4O4S. The minimum Gasteiger partial charge on any atom is -0.369 e. The fourth-order valence-electron chi connectivity index (χ4n) is 4.24. The molecule has 0 aliphatic carbocycles. The van der Waals surface area contributed by atoms with Gasteiger partial charge in [-0.25, -0.2) is 13.4 Å². The Morgan fingerprint density at radius 3 is 2.42 bits per heavy atom. The van der Waals surface area contributed by atoms with Gasteiger partial charge in [-0.05, 0) is 24.3 Å². The first-order chi connectivity index (χ1) is 17.3. The molecule has 2 aliphatic rings. The van der Waals surface area contributed by atoms with Crippen molar-refractivity contribution >= 4 is 50.3 Å². The van der Waals surface area contributed by atoms with Crippen molar-refractivity contribution in [3.63, 3.8) is 0 Å². The number of hydrogen-bond acceptors (Lipinski definition) is 6. The summed E-state index contributed by atoms with van der Waals surface area (Å²) < 4.78 is 23.4. The number of fused-ring (bicyclic) bond motifs is 1. The number of aliphatic imine (C=N–C) groups is 1. The number of sulfone groups is 1. The Hall–Kier alpha value is -3.69. The summed E-state index contributed by atoms with van der Waals surface area (Å²) in [6, 6.07) is 21.7. The van der Waals surface area contributed by atoms with Crippen molar-refractivity contribution in [2.75, 3.05) is 34.8 Å². The van der Waals surface area contributed by atoms with Crippen LogP contribution in [0.1, 0.15) is 21.5 Å². The van der Waals surface area contributed by atoms with E-state index in [0.717, 1.165) is 16.8 Å². The lowest BCUT2D eigenvalue weighted by molar-refractivity contribution is -0.117. The minimum absolute atomic E-state index is 0.0772. The molecule has 184 valence electrons. The average Bonchev–Trinajstić information content (AvgIpc) is 3.00. The van der Waals surface area contributed by atoms with E-state index in [4.69, 9.17) is 11.6 Å². The summed E-state index contributed by atoms with van der Waals surface area (Å²) in [5, 5.41) is 5.74. The van der Waals surface area contributed by atoms with Gasteiger partial charge in [-0.2, -0.15) is 0 Å². The lowest BCUT2D eigenvalue weighted by Crippen LogP contribution is -2.42. The molecule has 0 radical (unpaired) electrons. The molecule has 2 aliphatic heterocycles. The predicted molar refractivity (Wildman–Crippen MR) is 141 cm³/mol. The van der Waals surface area contributed by atoms with Crippen molar-refractivity contribution in [1.82, 2.24) is 5.32 Å². The molecule has 1 atom stereocenters. The highest BCUT2D eigenvalue weighted by Gasteiger charge is 2.28. The number of benzodiazepines with no additional fused rings is 1. The first-order valence-electron chi connectivity index (χ1n) is 11.4. The molecule has 0 aromatic heterocycles. The highest BCUT2D eigenvalue weighted by molar-refractivity contribution is 7.91. The van der Waals surface area contributed by atoms with E-state index in [9.17, 15) is 18.0 Å². The molecule has 5 rings (SSSR count). The number of carbonyl (C=O) groups excluding carboxylic acids is 2. The van der Waals surface area contributed by atoms with Crippen molar-refractivity contribution < 1.29 is 18.0 Å². The van der Waals surface area contributed by atoms with Crippen molar-refractivity contribution in [3.8, 4) is 0 Å². The van der Waals surface area contributed by atoms with Gasteiger partial charge >= 0.3 is 0 Å². The van der Waals surface area contributed by atoms with Gasteiger partial charge in [0.2, 0.25) is 6.17 Å². The molecule has 10 heteroatoms. The van der Waals surface area contributed by atoms with Gasteiger partial charge in [0.1, 0.15) is 0 Å². The number of halogens is 1. The number of hydrogen-bond donors (Lipinski definition) is 2. The molecule has 1 fully saturated rings. The Morgan fingerprint density at radius 2 is 1.69 bits per heavy atom. The van der Waals surface area contributed by atoms with Gasteiger partial charge < -0.3 is 15.5 Å². The number of carbonyl (C=O) groups is 2. The summed E-state index contributed by atoms with van der Waals surface area (Å²) in [6.45, 7) is 0.730. The van der Waals surface area contributed by atoms with Crippen LogP contribution >= 0.6 is 11.6 Å². The molecule has 2 heterocycles. The molecule has 2 N–H and O–H groups in total. The molecule has 0 bridgehead atoms. The van der Waals surface area contributed by atoms with Gasteiger partial charge in [0.25, 0.3) is 11.8 Å². The molecule has 1 unspecified atom stereocenters. The van der Waals surface area contributed by atoms with Crippen LogP contribution in [-0.4, -0.2) is 56.7 Å². The van der Waals surface area contributed by atoms with Crippen LogP contribution in [-0.2, 0) is 14.6 Å². The van der Waals surface area contributed by atoms with Gasteiger partial charge in [0.15, 0.2) is 9.84 Å². The van der Waals surface area contributed by atoms with Crippen molar-refractivity contribution in [2.24, 2.45) is 4.99 Å². The van der Waals surface area contributed by atoms with Gasteiger partial charge in [0, 0.05) is 29.9 Å². The van der Waals surface area contributed by atoms with Crippen LogP contribution in [0.3, 0.4) is 0 Å². The van der Waals surface area contributed by atoms with Gasteiger partial charge in [-0.3, -0.25) is 9.59 Å². The summed E-state index contributed by atoms with van der Waals surface area (Å²) in [5.41, 5.74) is 3.67. The number of anilines is 2. The van der Waals surface area contributed by atoms with Crippen molar-refractivity contribution in [2.45, 2.75) is 6.17 Å². The SMILES string of the molecule is O=C(NC1N=C(c2ccccc2)c2ccccc2NC1=O)c1ccc(N2CCS(=O)(=O)CC2)cc1Cl. The second-order valence-electron chi connectivity index (χ2n) is 8.56. The monoisotopic (exact) mass is 522 g/mol. The zero-order valence-corrected chi connectivity index (χ0v) is 20.7. The maximum atomic E-state index is 13.1. The molecule has 36 heavy (non-hydrogen) atoms. The zero-order valence-electron chi connectivity index (χ0n) is 19.1. The first-order valence-corrected chi connectivity index (χ1v) is 13.6. The number of nitrogens with one attached hydrogen (secondary N) is 2. The molecule has 0 spiro atoms. The molecule has 8 nitrogen and oxygen atoms in total. The van der Waals surface area contributed by atoms with Crippen LogP contribution in [0.25, 0.3) is 0 Å². The third-order valence-corrected chi connectivity index (χ3v) is 8.09. The summed E-state index contributed by atoms with van der Waals surface area (Å²) in [7, 11) is -3.01. The van der Waals surface area contributed by atoms with Crippen LogP contribution < -0.4 is 15.5 Å². The molecule has 1 saturated heterocycles. The van der Waals surface area contributed by atoms with E-state index >= 15 is 0 Å². The number of para-hydroxylation sites is 1. The number of rotatable bonds is 4. The minimum atomic E-state index is -3.01. The zero-order chi connectivity index (χ0) is 25.3. The van der Waals surface area contributed by atoms with E-state index in [2.05, 4.69) is 15.6 Å². The normalized spacial score (nSPS) is 18.9. The quantitative estimate of drug-likeness (QED) is 0.547. The maximum Gasteiger partial charge on any atom is 0.269 e. The third kappa shape index (κ3) is 4.98. The Bertz CT molecular complexity index is 1460. The smallest absolute Gasteiger partial charge is 0.269 e. The molecule has 0 saturated carbocycles. The second kappa shape index (κ2) is 9.75. The lowest BCUT2D eigenvalue weighted by Gasteiger charge is -2.29. The fraction of sp³-hybridized carbons (Fsp3) is 0.192. The Morgan fingerprint density at radius 1 is 1.00 bits per heavy atom. The van der Waals surface area contributed by atoms with E-state index in [1.54, 1.807) is 24.3 Å². The number of amides is 2. The number of nitrogens with zero attached hydrogens (tertiary/aromatic N) is 2. The summed E-state index contributed by atoms with van der Waals surface area (Å²) in [6.07, 6.45) is -1.18. The largest absolute Gasteiger partial charge is 0.369 e. The first kappa shape index (κ1) is 24.0. The predicted octanol–water partition coefficient (Wildman–Crippen LogP) is 3.12. The van der Waals surface area contributed by atoms with Crippen molar-refractivity contribution in [3.05, 3.63) is 94.5 Å². The van der Waals surface area contributed by atoms with Gasteiger partial charge in [-0.15, -0.1) is 0 Å². The van der Waals surface area contributed by atoms with E-state index in [1.165, 1.54) is 0 Å². The average molecular weight is 523 g/mol. The van der Waals surface area contributed by atoms with E-state index < -0.39 is 27.8 Å². The van der Waals surface area contributed by atoms with E-state index in [1.807, 2.05) is 53.4 Å². The van der Waals surface area contributed by atoms with Crippen LogP contribution in [0, 0.1) is 0 Å². The molecule has 3 aromatic rings. The molecule has 3 aromatic carbocycles. The Balaban J connectivity index is 1.40. The maximum absolute atomic E-state index is 13.1. The molecular weight excluding hydrogens is 500 g/mol. The van der Waals surface area contributed by atoms with Gasteiger partial charge in [0.05, 0.1) is 33.5 Å². The van der Waals surface area contributed by atoms with Gasteiger partial charge in [-0.1, -0.05) is 60.1 Å². The Kier molecular flexibility index (Phi) is 6.51. The fourth-order valence-corrected chi connectivity index (χ4v) is 5.70. The summed E-state index contributed by atoms with van der Waals surface area (Å²) in [5.74, 6) is -0.860. The van der Waals surface area contributed by atoms with E-state index in [0.29, 0.717) is 24.5 Å².